The Bertz CT molecular complexity index is 934. The molecule has 3 aromatic rings. The monoisotopic (exact) mass is 318 g/mol. The minimum Gasteiger partial charge on any atom is -0.507 e. The first-order chi connectivity index (χ1) is 11.8. The summed E-state index contributed by atoms with van der Waals surface area (Å²) in [4.78, 5) is 0. The van der Waals surface area contributed by atoms with Crippen LogP contribution in [-0.2, 0) is 0 Å². The normalized spacial score (nSPS) is 16.7. The van der Waals surface area contributed by atoms with Gasteiger partial charge in [-0.2, -0.15) is 5.10 Å². The Hall–Kier alpha value is -3.01. The zero-order chi connectivity index (χ0) is 16.5. The van der Waals surface area contributed by atoms with E-state index in [0.717, 1.165) is 39.8 Å². The van der Waals surface area contributed by atoms with Gasteiger partial charge in [-0.05, 0) is 29.1 Å². The number of rotatable bonds is 3. The standard InChI is InChI=1S/C20H18N2O2/c1-24-15-7-4-6-14(11-15)18-12-19(22-21-18)17-10-9-13-5-2-3-8-16(13)20(17)23/h2-11,18,21,23H,12H2,1H3. The zero-order valence-electron chi connectivity index (χ0n) is 13.4. The van der Waals surface area contributed by atoms with Gasteiger partial charge in [-0.25, -0.2) is 0 Å². The average Bonchev–Trinajstić information content (AvgIpc) is 3.12. The van der Waals surface area contributed by atoms with E-state index in [1.165, 1.54) is 0 Å². The van der Waals surface area contributed by atoms with Crippen molar-refractivity contribution in [1.29, 1.82) is 0 Å². The first-order valence-electron chi connectivity index (χ1n) is 7.93. The Morgan fingerprint density at radius 2 is 1.96 bits per heavy atom. The number of hydrogen-bond donors (Lipinski definition) is 2. The minimum atomic E-state index is 0.0842. The Morgan fingerprint density at radius 1 is 1.08 bits per heavy atom. The van der Waals surface area contributed by atoms with Crippen molar-refractivity contribution in [3.05, 3.63) is 71.8 Å². The number of hydrazone groups is 1. The molecule has 3 aromatic carbocycles. The van der Waals surface area contributed by atoms with Crippen molar-refractivity contribution in [3.63, 3.8) is 0 Å². The van der Waals surface area contributed by atoms with Crippen molar-refractivity contribution < 1.29 is 9.84 Å². The van der Waals surface area contributed by atoms with Gasteiger partial charge in [-0.3, -0.25) is 0 Å². The highest BCUT2D eigenvalue weighted by atomic mass is 16.5. The predicted octanol–water partition coefficient (Wildman–Crippen LogP) is 3.99. The molecule has 1 atom stereocenters. The minimum absolute atomic E-state index is 0.0842. The number of phenols is 1. The topological polar surface area (TPSA) is 53.9 Å². The lowest BCUT2D eigenvalue weighted by Gasteiger charge is -2.12. The summed E-state index contributed by atoms with van der Waals surface area (Å²) in [5.74, 6) is 1.12. The lowest BCUT2D eigenvalue weighted by atomic mass is 9.96. The molecule has 24 heavy (non-hydrogen) atoms. The molecule has 0 amide bonds. The number of aromatic hydroxyl groups is 1. The van der Waals surface area contributed by atoms with Crippen LogP contribution >= 0.6 is 0 Å². The molecule has 0 saturated carbocycles. The zero-order valence-corrected chi connectivity index (χ0v) is 13.4. The average molecular weight is 318 g/mol. The quantitative estimate of drug-likeness (QED) is 0.767. The molecular weight excluding hydrogens is 300 g/mol. The van der Waals surface area contributed by atoms with Gasteiger partial charge in [0.05, 0.1) is 18.9 Å². The van der Waals surface area contributed by atoms with E-state index in [9.17, 15) is 5.11 Å². The van der Waals surface area contributed by atoms with Crippen molar-refractivity contribution in [3.8, 4) is 11.5 Å². The summed E-state index contributed by atoms with van der Waals surface area (Å²) in [6.45, 7) is 0. The number of ether oxygens (including phenoxy) is 1. The van der Waals surface area contributed by atoms with Crippen molar-refractivity contribution in [2.75, 3.05) is 7.11 Å². The van der Waals surface area contributed by atoms with Gasteiger partial charge in [-0.1, -0.05) is 42.5 Å². The Balaban J connectivity index is 1.64. The van der Waals surface area contributed by atoms with E-state index >= 15 is 0 Å². The SMILES string of the molecule is COc1cccc(C2CC(c3ccc4ccccc4c3O)=NN2)c1. The van der Waals surface area contributed by atoms with Crippen molar-refractivity contribution in [2.24, 2.45) is 5.10 Å². The van der Waals surface area contributed by atoms with E-state index in [2.05, 4.69) is 16.6 Å². The van der Waals surface area contributed by atoms with Crippen LogP contribution in [-0.4, -0.2) is 17.9 Å². The van der Waals surface area contributed by atoms with Crippen LogP contribution in [0.5, 0.6) is 11.5 Å². The maximum atomic E-state index is 10.6. The molecule has 0 aromatic heterocycles. The summed E-state index contributed by atoms with van der Waals surface area (Å²) in [6.07, 6.45) is 0.721. The summed E-state index contributed by atoms with van der Waals surface area (Å²) in [7, 11) is 1.66. The first kappa shape index (κ1) is 14.6. The van der Waals surface area contributed by atoms with Gasteiger partial charge >= 0.3 is 0 Å². The van der Waals surface area contributed by atoms with Crippen LogP contribution in [0, 0.1) is 0 Å². The summed E-state index contributed by atoms with van der Waals surface area (Å²) in [5, 5.41) is 16.9. The summed E-state index contributed by atoms with van der Waals surface area (Å²) >= 11 is 0. The van der Waals surface area contributed by atoms with E-state index in [1.807, 2.05) is 54.6 Å². The van der Waals surface area contributed by atoms with Crippen LogP contribution in [0.4, 0.5) is 0 Å². The van der Waals surface area contributed by atoms with E-state index in [1.54, 1.807) is 7.11 Å². The molecule has 1 heterocycles. The molecule has 0 aliphatic carbocycles. The summed E-state index contributed by atoms with van der Waals surface area (Å²) in [6, 6.07) is 19.8. The molecule has 120 valence electrons. The van der Waals surface area contributed by atoms with Gasteiger partial charge in [0, 0.05) is 17.4 Å². The van der Waals surface area contributed by atoms with E-state index in [4.69, 9.17) is 4.74 Å². The van der Waals surface area contributed by atoms with E-state index < -0.39 is 0 Å². The molecular formula is C20H18N2O2. The summed E-state index contributed by atoms with van der Waals surface area (Å²) < 4.78 is 5.29. The molecule has 1 aliphatic heterocycles. The van der Waals surface area contributed by atoms with Crippen molar-refractivity contribution in [1.82, 2.24) is 5.43 Å². The smallest absolute Gasteiger partial charge is 0.132 e. The largest absolute Gasteiger partial charge is 0.507 e. The van der Waals surface area contributed by atoms with Crippen LogP contribution in [0.3, 0.4) is 0 Å². The molecule has 4 rings (SSSR count). The Labute approximate surface area is 140 Å². The van der Waals surface area contributed by atoms with Gasteiger partial charge in [0.2, 0.25) is 0 Å². The third kappa shape index (κ3) is 2.46. The van der Waals surface area contributed by atoms with Crippen LogP contribution in [0.25, 0.3) is 10.8 Å². The lowest BCUT2D eigenvalue weighted by molar-refractivity contribution is 0.413. The lowest BCUT2D eigenvalue weighted by Crippen LogP contribution is -2.10. The van der Waals surface area contributed by atoms with Gasteiger partial charge < -0.3 is 15.3 Å². The number of methoxy groups -OCH3 is 1. The number of nitrogens with one attached hydrogen (secondary N) is 1. The molecule has 4 heteroatoms. The number of hydrogen-bond acceptors (Lipinski definition) is 4. The summed E-state index contributed by atoms with van der Waals surface area (Å²) in [5.41, 5.74) is 5.94. The Kier molecular flexibility index (Phi) is 3.58. The molecule has 1 aliphatic rings. The number of phenolic OH excluding ortho intramolecular Hbond substituents is 1. The van der Waals surface area contributed by atoms with E-state index in [-0.39, 0.29) is 6.04 Å². The van der Waals surface area contributed by atoms with Gasteiger partial charge in [-0.15, -0.1) is 0 Å². The first-order valence-corrected chi connectivity index (χ1v) is 7.93. The fourth-order valence-corrected chi connectivity index (χ4v) is 3.15. The molecule has 0 radical (unpaired) electrons. The molecule has 0 saturated heterocycles. The van der Waals surface area contributed by atoms with E-state index in [0.29, 0.717) is 5.75 Å². The highest BCUT2D eigenvalue weighted by Crippen LogP contribution is 2.33. The number of fused-ring (bicyclic) bond motifs is 1. The molecule has 0 spiro atoms. The molecule has 4 nitrogen and oxygen atoms in total. The highest BCUT2D eigenvalue weighted by Gasteiger charge is 2.23. The van der Waals surface area contributed by atoms with Gasteiger partial charge in [0.15, 0.2) is 0 Å². The second kappa shape index (κ2) is 5.89. The van der Waals surface area contributed by atoms with Crippen LogP contribution < -0.4 is 10.2 Å². The van der Waals surface area contributed by atoms with Crippen LogP contribution in [0.2, 0.25) is 0 Å². The van der Waals surface area contributed by atoms with Crippen LogP contribution in [0.1, 0.15) is 23.6 Å². The van der Waals surface area contributed by atoms with Gasteiger partial charge in [0.25, 0.3) is 0 Å². The second-order valence-corrected chi connectivity index (χ2v) is 5.90. The number of benzene rings is 3. The molecule has 0 bridgehead atoms. The maximum Gasteiger partial charge on any atom is 0.132 e. The van der Waals surface area contributed by atoms with Crippen LogP contribution in [0.15, 0.2) is 65.8 Å². The Morgan fingerprint density at radius 3 is 2.83 bits per heavy atom. The highest BCUT2D eigenvalue weighted by molar-refractivity contribution is 6.08. The van der Waals surface area contributed by atoms with Crippen molar-refractivity contribution in [2.45, 2.75) is 12.5 Å². The molecule has 0 fully saturated rings. The van der Waals surface area contributed by atoms with Gasteiger partial charge in [0.1, 0.15) is 11.5 Å². The third-order valence-electron chi connectivity index (χ3n) is 4.46. The maximum absolute atomic E-state index is 10.6. The number of nitrogens with zero attached hydrogens (tertiary/aromatic N) is 1. The fourth-order valence-electron chi connectivity index (χ4n) is 3.15. The molecule has 2 N–H and O–H groups in total. The second-order valence-electron chi connectivity index (χ2n) is 5.90. The third-order valence-corrected chi connectivity index (χ3v) is 4.46. The predicted molar refractivity (Wildman–Crippen MR) is 95.6 cm³/mol. The van der Waals surface area contributed by atoms with Crippen molar-refractivity contribution >= 4 is 16.5 Å². The molecule has 1 unspecified atom stereocenters. The fraction of sp³-hybridized carbons (Fsp3) is 0.150.